The maximum atomic E-state index is 12.9. The molecule has 7 heteroatoms. The molecule has 1 aromatic carbocycles. The average Bonchev–Trinajstić information content (AvgIpc) is 3.37. The molecule has 1 amide bonds. The molecular formula is C21H18N4O2S. The number of aryl methyl sites for hydroxylation is 1. The van der Waals surface area contributed by atoms with E-state index < -0.39 is 0 Å². The molecule has 0 bridgehead atoms. The lowest BCUT2D eigenvalue weighted by Gasteiger charge is -2.10. The molecule has 0 saturated carbocycles. The van der Waals surface area contributed by atoms with Gasteiger partial charge in [-0.2, -0.15) is 5.10 Å². The first-order valence-corrected chi connectivity index (χ1v) is 9.56. The van der Waals surface area contributed by atoms with Crippen LogP contribution in [0.4, 0.5) is 5.82 Å². The van der Waals surface area contributed by atoms with Gasteiger partial charge in [-0.15, -0.1) is 0 Å². The fourth-order valence-corrected chi connectivity index (χ4v) is 3.54. The molecule has 0 aliphatic heterocycles. The molecule has 0 aliphatic carbocycles. The summed E-state index contributed by atoms with van der Waals surface area (Å²) in [6, 6.07) is 17.1. The molecule has 28 heavy (non-hydrogen) atoms. The van der Waals surface area contributed by atoms with Crippen molar-refractivity contribution in [3.63, 3.8) is 0 Å². The van der Waals surface area contributed by atoms with Crippen molar-refractivity contribution in [2.24, 2.45) is 0 Å². The lowest BCUT2D eigenvalue weighted by molar-refractivity contribution is 0.102. The van der Waals surface area contributed by atoms with Crippen molar-refractivity contribution < 1.29 is 9.21 Å². The highest BCUT2D eigenvalue weighted by molar-refractivity contribution is 7.99. The molecule has 6 nitrogen and oxygen atoms in total. The molecule has 3 aromatic heterocycles. The van der Waals surface area contributed by atoms with Crippen molar-refractivity contribution in [1.29, 1.82) is 0 Å². The zero-order valence-corrected chi connectivity index (χ0v) is 16.0. The third-order valence-corrected chi connectivity index (χ3v) is 5.12. The number of nitrogens with one attached hydrogen (secondary N) is 1. The van der Waals surface area contributed by atoms with E-state index in [0.29, 0.717) is 23.0 Å². The quantitative estimate of drug-likeness (QED) is 0.520. The minimum absolute atomic E-state index is 0.232. The van der Waals surface area contributed by atoms with E-state index >= 15 is 0 Å². The zero-order valence-electron chi connectivity index (χ0n) is 15.2. The number of amides is 1. The van der Waals surface area contributed by atoms with Gasteiger partial charge < -0.3 is 9.73 Å². The first kappa shape index (κ1) is 18.1. The van der Waals surface area contributed by atoms with Gasteiger partial charge in [0.2, 0.25) is 0 Å². The maximum absolute atomic E-state index is 12.9. The summed E-state index contributed by atoms with van der Waals surface area (Å²) in [5, 5.41) is 7.83. The van der Waals surface area contributed by atoms with Gasteiger partial charge in [0.05, 0.1) is 18.0 Å². The molecular weight excluding hydrogens is 372 g/mol. The number of aromatic nitrogens is 3. The van der Waals surface area contributed by atoms with Gasteiger partial charge >= 0.3 is 0 Å². The number of anilines is 1. The number of pyridine rings is 1. The summed E-state index contributed by atoms with van der Waals surface area (Å²) < 4.78 is 7.04. The highest BCUT2D eigenvalue weighted by atomic mass is 32.2. The van der Waals surface area contributed by atoms with Gasteiger partial charge in [0.15, 0.2) is 0 Å². The summed E-state index contributed by atoms with van der Waals surface area (Å²) in [4.78, 5) is 18.3. The SMILES string of the molecule is Cc1ccc(Sc2ncccc2C(=O)Nc2ccnn2Cc2ccco2)cc1. The van der Waals surface area contributed by atoms with Crippen molar-refractivity contribution in [3.05, 3.63) is 90.1 Å². The smallest absolute Gasteiger partial charge is 0.259 e. The van der Waals surface area contributed by atoms with Crippen LogP contribution in [0.1, 0.15) is 21.7 Å². The van der Waals surface area contributed by atoms with Gasteiger partial charge in [-0.25, -0.2) is 9.67 Å². The zero-order chi connectivity index (χ0) is 19.3. The lowest BCUT2D eigenvalue weighted by atomic mass is 10.2. The predicted molar refractivity (Wildman–Crippen MR) is 108 cm³/mol. The van der Waals surface area contributed by atoms with E-state index in [1.807, 2.05) is 43.3 Å². The van der Waals surface area contributed by atoms with Crippen molar-refractivity contribution >= 4 is 23.5 Å². The number of hydrogen-bond acceptors (Lipinski definition) is 5. The van der Waals surface area contributed by atoms with Gasteiger partial charge in [-0.1, -0.05) is 29.5 Å². The first-order valence-electron chi connectivity index (χ1n) is 8.74. The number of carbonyl (C=O) groups is 1. The summed E-state index contributed by atoms with van der Waals surface area (Å²) in [6.45, 7) is 2.48. The molecule has 0 saturated heterocycles. The number of hydrogen-bond donors (Lipinski definition) is 1. The monoisotopic (exact) mass is 390 g/mol. The highest BCUT2D eigenvalue weighted by Gasteiger charge is 2.16. The fraction of sp³-hybridized carbons (Fsp3) is 0.0952. The van der Waals surface area contributed by atoms with E-state index in [4.69, 9.17) is 4.42 Å². The van der Waals surface area contributed by atoms with Crippen LogP contribution in [0.5, 0.6) is 0 Å². The van der Waals surface area contributed by atoms with Crippen molar-refractivity contribution in [1.82, 2.24) is 14.8 Å². The first-order chi connectivity index (χ1) is 13.7. The minimum Gasteiger partial charge on any atom is -0.467 e. The molecule has 4 aromatic rings. The second-order valence-corrected chi connectivity index (χ2v) is 7.24. The van der Waals surface area contributed by atoms with Crippen LogP contribution in [0.25, 0.3) is 0 Å². The van der Waals surface area contributed by atoms with Crippen molar-refractivity contribution in [2.75, 3.05) is 5.32 Å². The van der Waals surface area contributed by atoms with Crippen LogP contribution < -0.4 is 5.32 Å². The maximum Gasteiger partial charge on any atom is 0.259 e. The van der Waals surface area contributed by atoms with Crippen molar-refractivity contribution in [2.45, 2.75) is 23.4 Å². The number of nitrogens with zero attached hydrogens (tertiary/aromatic N) is 3. The van der Waals surface area contributed by atoms with E-state index in [1.165, 1.54) is 17.3 Å². The molecule has 0 atom stereocenters. The molecule has 1 N–H and O–H groups in total. The Morgan fingerprint density at radius 3 is 2.75 bits per heavy atom. The highest BCUT2D eigenvalue weighted by Crippen LogP contribution is 2.29. The number of benzene rings is 1. The molecule has 0 aliphatic rings. The number of rotatable bonds is 6. The fourth-order valence-electron chi connectivity index (χ4n) is 2.66. The standard InChI is InChI=1S/C21H18N4O2S/c1-15-6-8-17(9-7-15)28-21-18(5-2-11-22-21)20(26)24-19-10-12-23-25(19)14-16-4-3-13-27-16/h2-13H,14H2,1H3,(H,24,26). The predicted octanol–water partition coefficient (Wildman–Crippen LogP) is 4.63. The topological polar surface area (TPSA) is 73.0 Å². The van der Waals surface area contributed by atoms with Crippen LogP contribution in [-0.2, 0) is 6.54 Å². The van der Waals surface area contributed by atoms with Gasteiger partial charge in [0.25, 0.3) is 5.91 Å². The molecule has 0 radical (unpaired) electrons. The van der Waals surface area contributed by atoms with Gasteiger partial charge in [0, 0.05) is 17.2 Å². The summed E-state index contributed by atoms with van der Waals surface area (Å²) in [5.74, 6) is 1.12. The third kappa shape index (κ3) is 4.15. The summed E-state index contributed by atoms with van der Waals surface area (Å²) in [5.41, 5.74) is 1.70. The van der Waals surface area contributed by atoms with Crippen LogP contribution in [0.15, 0.2) is 87.6 Å². The Hall–Kier alpha value is -3.32. The Kier molecular flexibility index (Phi) is 5.25. The molecule has 0 unspecified atom stereocenters. The number of furan rings is 1. The molecule has 140 valence electrons. The minimum atomic E-state index is -0.232. The Morgan fingerprint density at radius 1 is 1.11 bits per heavy atom. The van der Waals surface area contributed by atoms with E-state index in [-0.39, 0.29) is 5.91 Å². The van der Waals surface area contributed by atoms with Crippen LogP contribution in [0.2, 0.25) is 0 Å². The summed E-state index contributed by atoms with van der Waals surface area (Å²) >= 11 is 1.46. The Labute approximate surface area is 166 Å². The Balaban J connectivity index is 1.53. The molecule has 0 fully saturated rings. The normalized spacial score (nSPS) is 10.8. The van der Waals surface area contributed by atoms with Crippen LogP contribution in [0, 0.1) is 6.92 Å². The van der Waals surface area contributed by atoms with Crippen molar-refractivity contribution in [3.8, 4) is 0 Å². The van der Waals surface area contributed by atoms with E-state index in [2.05, 4.69) is 15.4 Å². The molecule has 4 rings (SSSR count). The number of carbonyl (C=O) groups excluding carboxylic acids is 1. The molecule has 3 heterocycles. The Bertz CT molecular complexity index is 1070. The second-order valence-electron chi connectivity index (χ2n) is 6.18. The van der Waals surface area contributed by atoms with Gasteiger partial charge in [0.1, 0.15) is 23.1 Å². The van der Waals surface area contributed by atoms with E-state index in [1.54, 1.807) is 41.5 Å². The van der Waals surface area contributed by atoms with Gasteiger partial charge in [-0.3, -0.25) is 4.79 Å². The van der Waals surface area contributed by atoms with Gasteiger partial charge in [-0.05, 0) is 43.3 Å². The summed E-state index contributed by atoms with van der Waals surface area (Å²) in [6.07, 6.45) is 4.94. The second kappa shape index (κ2) is 8.14. The van der Waals surface area contributed by atoms with E-state index in [9.17, 15) is 4.79 Å². The van der Waals surface area contributed by atoms with Crippen LogP contribution in [-0.4, -0.2) is 20.7 Å². The average molecular weight is 390 g/mol. The Morgan fingerprint density at radius 2 is 1.96 bits per heavy atom. The third-order valence-electron chi connectivity index (χ3n) is 4.10. The van der Waals surface area contributed by atoms with Crippen LogP contribution in [0.3, 0.4) is 0 Å². The lowest BCUT2D eigenvalue weighted by Crippen LogP contribution is -2.17. The van der Waals surface area contributed by atoms with E-state index in [0.717, 1.165) is 10.7 Å². The van der Waals surface area contributed by atoms with Crippen LogP contribution >= 0.6 is 11.8 Å². The largest absolute Gasteiger partial charge is 0.467 e. The molecule has 0 spiro atoms. The summed E-state index contributed by atoms with van der Waals surface area (Å²) in [7, 11) is 0.